The number of carbonyl (C=O) groups is 4. The molecule has 0 aromatic carbocycles. The van der Waals surface area contributed by atoms with Crippen molar-refractivity contribution in [2.45, 2.75) is 394 Å². The number of esters is 4. The number of phosphoric acid groups is 2. The van der Waals surface area contributed by atoms with E-state index in [4.69, 9.17) is 37.0 Å². The monoisotopic (exact) mass is 1350 g/mol. The van der Waals surface area contributed by atoms with Crippen molar-refractivity contribution in [1.29, 1.82) is 0 Å². The Balaban J connectivity index is 5.12. The molecule has 0 aromatic heterocycles. The van der Waals surface area contributed by atoms with Crippen LogP contribution in [-0.4, -0.2) is 96.7 Å². The molecule has 19 heteroatoms. The van der Waals surface area contributed by atoms with E-state index in [9.17, 15) is 43.2 Å². The number of aliphatic hydroxyl groups excluding tert-OH is 1. The molecule has 0 aromatic rings. The molecule has 0 spiro atoms. The first-order valence-electron chi connectivity index (χ1n) is 38.0. The molecule has 17 nitrogen and oxygen atoms in total. The average Bonchev–Trinajstić information content (AvgIpc) is 1.93. The number of hydrogen-bond donors (Lipinski definition) is 3. The second-order valence-electron chi connectivity index (χ2n) is 27.1. The van der Waals surface area contributed by atoms with Crippen LogP contribution in [0.1, 0.15) is 375 Å². The van der Waals surface area contributed by atoms with E-state index in [1.165, 1.54) is 186 Å². The van der Waals surface area contributed by atoms with Gasteiger partial charge in [0.1, 0.15) is 19.3 Å². The number of rotatable bonds is 72. The molecule has 546 valence electrons. The van der Waals surface area contributed by atoms with Crippen molar-refractivity contribution in [2.24, 2.45) is 11.8 Å². The maximum absolute atomic E-state index is 13.1. The standard InChI is InChI=1S/C73H142O17P2/c1-7-10-12-14-15-16-17-27-34-39-45-51-57-72(77)89-68(61-83-70(75)55-49-41-13-11-8-2)63-87-91(79,80)85-59-67(74)60-86-92(81,82)88-64-69(62-84-71(76)56-50-44-38-33-30-29-32-37-43-48-54-66(6)9-3)90-73(78)58-52-46-40-35-28-25-23-21-19-18-20-22-24-26-31-36-42-47-53-65(4)5/h65-69,74H,7-64H2,1-6H3,(H,79,80)(H,81,82)/t66?,67-,68+,69+/m0/s1. The number of phosphoric ester groups is 2. The molecular weight excluding hydrogens is 1210 g/mol. The van der Waals surface area contributed by atoms with E-state index in [1.54, 1.807) is 0 Å². The molecule has 0 bridgehead atoms. The lowest BCUT2D eigenvalue weighted by molar-refractivity contribution is -0.161. The summed E-state index contributed by atoms with van der Waals surface area (Å²) in [5.41, 5.74) is 0. The molecule has 0 saturated carbocycles. The maximum Gasteiger partial charge on any atom is 0.472 e. The third-order valence-corrected chi connectivity index (χ3v) is 19.2. The zero-order valence-corrected chi connectivity index (χ0v) is 61.6. The van der Waals surface area contributed by atoms with Crippen molar-refractivity contribution in [2.75, 3.05) is 39.6 Å². The molecule has 0 amide bonds. The summed E-state index contributed by atoms with van der Waals surface area (Å²) in [5.74, 6) is -0.501. The van der Waals surface area contributed by atoms with Crippen molar-refractivity contribution in [3.8, 4) is 0 Å². The second kappa shape index (κ2) is 65.0. The van der Waals surface area contributed by atoms with E-state index in [0.29, 0.717) is 25.7 Å². The highest BCUT2D eigenvalue weighted by Gasteiger charge is 2.30. The Bertz CT molecular complexity index is 1790. The Kier molecular flexibility index (Phi) is 63.7. The predicted octanol–water partition coefficient (Wildman–Crippen LogP) is 21.2. The van der Waals surface area contributed by atoms with Gasteiger partial charge in [-0.25, -0.2) is 9.13 Å². The van der Waals surface area contributed by atoms with E-state index in [0.717, 1.165) is 108 Å². The molecule has 0 saturated heterocycles. The van der Waals surface area contributed by atoms with Crippen molar-refractivity contribution in [3.05, 3.63) is 0 Å². The van der Waals surface area contributed by atoms with E-state index in [1.807, 2.05) is 0 Å². The third kappa shape index (κ3) is 65.4. The first-order valence-corrected chi connectivity index (χ1v) is 41.0. The number of hydrogen-bond acceptors (Lipinski definition) is 15. The Morgan fingerprint density at radius 3 is 0.826 bits per heavy atom. The van der Waals surface area contributed by atoms with Gasteiger partial charge in [0.05, 0.1) is 26.4 Å². The van der Waals surface area contributed by atoms with Crippen LogP contribution in [0.15, 0.2) is 0 Å². The SMILES string of the molecule is CCCCCCCCCCCCCCC(=O)O[C@H](COC(=O)CCCCCCC)COP(=O)(O)OC[C@H](O)COP(=O)(O)OC[C@@H](COC(=O)CCCCCCCCCCCCC(C)CC)OC(=O)CCCCCCCCCCCCCCCCCCCCC(C)C. The highest BCUT2D eigenvalue weighted by Crippen LogP contribution is 2.45. The van der Waals surface area contributed by atoms with Crippen LogP contribution in [-0.2, 0) is 65.4 Å². The molecule has 6 atom stereocenters. The fraction of sp³-hybridized carbons (Fsp3) is 0.945. The van der Waals surface area contributed by atoms with Crippen LogP contribution in [0.3, 0.4) is 0 Å². The molecule has 92 heavy (non-hydrogen) atoms. The summed E-state index contributed by atoms with van der Waals surface area (Å²) >= 11 is 0. The van der Waals surface area contributed by atoms with Crippen LogP contribution in [0.5, 0.6) is 0 Å². The highest BCUT2D eigenvalue weighted by molar-refractivity contribution is 7.47. The molecule has 3 N–H and O–H groups in total. The Morgan fingerprint density at radius 2 is 0.554 bits per heavy atom. The second-order valence-corrected chi connectivity index (χ2v) is 30.0. The quantitative estimate of drug-likeness (QED) is 0.0222. The zero-order chi connectivity index (χ0) is 67.9. The van der Waals surface area contributed by atoms with Crippen molar-refractivity contribution < 1.29 is 80.2 Å². The minimum atomic E-state index is -4.95. The lowest BCUT2D eigenvalue weighted by Crippen LogP contribution is -2.30. The first kappa shape index (κ1) is 90.1. The van der Waals surface area contributed by atoms with Crippen LogP contribution in [0.4, 0.5) is 0 Å². The van der Waals surface area contributed by atoms with Crippen LogP contribution in [0.25, 0.3) is 0 Å². The van der Waals surface area contributed by atoms with Gasteiger partial charge in [0.2, 0.25) is 0 Å². The minimum absolute atomic E-state index is 0.106. The van der Waals surface area contributed by atoms with Crippen LogP contribution in [0.2, 0.25) is 0 Å². The van der Waals surface area contributed by atoms with Gasteiger partial charge in [0, 0.05) is 25.7 Å². The molecule has 3 unspecified atom stereocenters. The van der Waals surface area contributed by atoms with Crippen LogP contribution in [0, 0.1) is 11.8 Å². The van der Waals surface area contributed by atoms with Crippen molar-refractivity contribution in [1.82, 2.24) is 0 Å². The lowest BCUT2D eigenvalue weighted by Gasteiger charge is -2.21. The summed E-state index contributed by atoms with van der Waals surface area (Å²) in [7, 11) is -9.89. The number of unbranched alkanes of at least 4 members (excludes halogenated alkanes) is 41. The average molecular weight is 1350 g/mol. The molecule has 0 aliphatic heterocycles. The number of carbonyl (C=O) groups excluding carboxylic acids is 4. The minimum Gasteiger partial charge on any atom is -0.462 e. The molecule has 0 aliphatic carbocycles. The lowest BCUT2D eigenvalue weighted by atomic mass is 9.99. The smallest absolute Gasteiger partial charge is 0.462 e. The molecule has 0 heterocycles. The van der Waals surface area contributed by atoms with E-state index in [2.05, 4.69) is 41.5 Å². The van der Waals surface area contributed by atoms with E-state index >= 15 is 0 Å². The maximum atomic E-state index is 13.1. The van der Waals surface area contributed by atoms with Gasteiger partial charge < -0.3 is 33.8 Å². The summed E-state index contributed by atoms with van der Waals surface area (Å²) in [5, 5.41) is 10.6. The van der Waals surface area contributed by atoms with Gasteiger partial charge in [0.15, 0.2) is 12.2 Å². The first-order chi connectivity index (χ1) is 44.4. The van der Waals surface area contributed by atoms with Gasteiger partial charge >= 0.3 is 39.5 Å². The summed E-state index contributed by atoms with van der Waals surface area (Å²) in [4.78, 5) is 72.4. The number of ether oxygens (including phenoxy) is 4. The van der Waals surface area contributed by atoms with Crippen LogP contribution >= 0.6 is 15.6 Å². The Labute approximate surface area is 562 Å². The zero-order valence-electron chi connectivity index (χ0n) is 59.9. The summed E-state index contributed by atoms with van der Waals surface area (Å²) in [6.07, 6.45) is 51.7. The van der Waals surface area contributed by atoms with Gasteiger partial charge in [-0.1, -0.05) is 324 Å². The molecule has 0 rings (SSSR count). The summed E-state index contributed by atoms with van der Waals surface area (Å²) in [6.45, 7) is 9.55. The molecule has 0 fully saturated rings. The molecule has 0 radical (unpaired) electrons. The van der Waals surface area contributed by atoms with Crippen molar-refractivity contribution >= 4 is 39.5 Å². The van der Waals surface area contributed by atoms with E-state index < -0.39 is 97.5 Å². The Morgan fingerprint density at radius 1 is 0.315 bits per heavy atom. The van der Waals surface area contributed by atoms with Gasteiger partial charge in [-0.2, -0.15) is 0 Å². The van der Waals surface area contributed by atoms with Gasteiger partial charge in [-0.05, 0) is 37.5 Å². The summed E-state index contributed by atoms with van der Waals surface area (Å²) < 4.78 is 68.2. The van der Waals surface area contributed by atoms with Crippen molar-refractivity contribution in [3.63, 3.8) is 0 Å². The van der Waals surface area contributed by atoms with Crippen LogP contribution < -0.4 is 0 Å². The largest absolute Gasteiger partial charge is 0.472 e. The predicted molar refractivity (Wildman–Crippen MR) is 372 cm³/mol. The molecule has 0 aliphatic rings. The fourth-order valence-electron chi connectivity index (χ4n) is 11.1. The molecular formula is C73H142O17P2. The topological polar surface area (TPSA) is 237 Å². The fourth-order valence-corrected chi connectivity index (χ4v) is 12.7. The summed E-state index contributed by atoms with van der Waals surface area (Å²) in [6, 6.07) is 0. The highest BCUT2D eigenvalue weighted by atomic mass is 31.2. The van der Waals surface area contributed by atoms with Gasteiger partial charge in [-0.15, -0.1) is 0 Å². The normalized spacial score (nSPS) is 14.4. The van der Waals surface area contributed by atoms with Gasteiger partial charge in [-0.3, -0.25) is 37.3 Å². The third-order valence-electron chi connectivity index (χ3n) is 17.3. The van der Waals surface area contributed by atoms with Gasteiger partial charge in [0.25, 0.3) is 0 Å². The Hall–Kier alpha value is -1.94. The number of aliphatic hydroxyl groups is 1. The van der Waals surface area contributed by atoms with E-state index in [-0.39, 0.29) is 25.7 Å².